The SMILES string of the molecule is Nc1ccc2c(ccn2Cc2ccc(Cl)c(F)c2)c1. The number of hydrogen-bond acceptors (Lipinski definition) is 1. The van der Waals surface area contributed by atoms with Crippen LogP contribution in [-0.4, -0.2) is 4.57 Å². The van der Waals surface area contributed by atoms with Gasteiger partial charge in [-0.2, -0.15) is 0 Å². The number of nitrogens with two attached hydrogens (primary N) is 1. The van der Waals surface area contributed by atoms with Crippen LogP contribution in [0.1, 0.15) is 5.56 Å². The van der Waals surface area contributed by atoms with Gasteiger partial charge in [-0.05, 0) is 42.0 Å². The molecular weight excluding hydrogens is 263 g/mol. The highest BCUT2D eigenvalue weighted by Crippen LogP contribution is 2.21. The first kappa shape index (κ1) is 12.1. The monoisotopic (exact) mass is 274 g/mol. The number of fused-ring (bicyclic) bond motifs is 1. The van der Waals surface area contributed by atoms with Gasteiger partial charge in [0.1, 0.15) is 5.82 Å². The van der Waals surface area contributed by atoms with Crippen molar-refractivity contribution in [3.05, 3.63) is 65.1 Å². The van der Waals surface area contributed by atoms with Crippen LogP contribution in [0.5, 0.6) is 0 Å². The summed E-state index contributed by atoms with van der Waals surface area (Å²) in [6, 6.07) is 12.6. The number of benzene rings is 2. The minimum Gasteiger partial charge on any atom is -0.399 e. The molecule has 19 heavy (non-hydrogen) atoms. The second kappa shape index (κ2) is 4.59. The van der Waals surface area contributed by atoms with Crippen molar-refractivity contribution < 1.29 is 4.39 Å². The fraction of sp³-hybridized carbons (Fsp3) is 0.0667. The molecule has 0 bridgehead atoms. The average Bonchev–Trinajstić information content (AvgIpc) is 2.76. The molecule has 1 heterocycles. The number of hydrogen-bond donors (Lipinski definition) is 1. The van der Waals surface area contributed by atoms with E-state index in [2.05, 4.69) is 4.57 Å². The Morgan fingerprint density at radius 3 is 2.74 bits per heavy atom. The van der Waals surface area contributed by atoms with Crippen molar-refractivity contribution in [1.29, 1.82) is 0 Å². The molecule has 2 N–H and O–H groups in total. The lowest BCUT2D eigenvalue weighted by atomic mass is 10.2. The third-order valence-corrected chi connectivity index (χ3v) is 3.44. The Morgan fingerprint density at radius 1 is 1.11 bits per heavy atom. The fourth-order valence-corrected chi connectivity index (χ4v) is 2.31. The summed E-state index contributed by atoms with van der Waals surface area (Å²) in [5.74, 6) is -0.389. The molecule has 0 saturated heterocycles. The van der Waals surface area contributed by atoms with Crippen molar-refractivity contribution in [2.75, 3.05) is 5.73 Å². The first-order valence-electron chi connectivity index (χ1n) is 5.92. The predicted octanol–water partition coefficient (Wildman–Crippen LogP) is 4.06. The number of aromatic nitrogens is 1. The zero-order valence-electron chi connectivity index (χ0n) is 10.1. The third kappa shape index (κ3) is 2.29. The minimum absolute atomic E-state index is 0.147. The highest BCUT2D eigenvalue weighted by Gasteiger charge is 2.05. The van der Waals surface area contributed by atoms with Crippen molar-refractivity contribution >= 4 is 28.2 Å². The van der Waals surface area contributed by atoms with Gasteiger partial charge in [0.05, 0.1) is 5.02 Å². The zero-order chi connectivity index (χ0) is 13.4. The van der Waals surface area contributed by atoms with E-state index in [-0.39, 0.29) is 10.8 Å². The van der Waals surface area contributed by atoms with E-state index in [9.17, 15) is 4.39 Å². The number of nitrogen functional groups attached to an aromatic ring is 1. The Labute approximate surface area is 115 Å². The van der Waals surface area contributed by atoms with Crippen molar-refractivity contribution in [1.82, 2.24) is 4.57 Å². The Morgan fingerprint density at radius 2 is 1.95 bits per heavy atom. The van der Waals surface area contributed by atoms with E-state index in [1.165, 1.54) is 6.07 Å². The topological polar surface area (TPSA) is 30.9 Å². The zero-order valence-corrected chi connectivity index (χ0v) is 10.9. The molecule has 0 unspecified atom stereocenters. The van der Waals surface area contributed by atoms with Crippen LogP contribution < -0.4 is 5.73 Å². The number of anilines is 1. The molecule has 0 aliphatic carbocycles. The molecule has 0 aliphatic rings. The number of halogens is 2. The highest BCUT2D eigenvalue weighted by atomic mass is 35.5. The summed E-state index contributed by atoms with van der Waals surface area (Å²) >= 11 is 5.68. The van der Waals surface area contributed by atoms with Crippen LogP contribution in [0.2, 0.25) is 5.02 Å². The van der Waals surface area contributed by atoms with Crippen molar-refractivity contribution in [3.63, 3.8) is 0 Å². The van der Waals surface area contributed by atoms with Gasteiger partial charge in [-0.1, -0.05) is 17.7 Å². The second-order valence-electron chi connectivity index (χ2n) is 4.51. The second-order valence-corrected chi connectivity index (χ2v) is 4.92. The lowest BCUT2D eigenvalue weighted by Crippen LogP contribution is -1.98. The number of rotatable bonds is 2. The standard InChI is InChI=1S/C15H12ClFN2/c16-13-3-1-10(7-14(13)17)9-19-6-5-11-8-12(18)2-4-15(11)19/h1-8H,9,18H2. The van der Waals surface area contributed by atoms with Crippen molar-refractivity contribution in [2.45, 2.75) is 6.54 Å². The summed E-state index contributed by atoms with van der Waals surface area (Å²) in [6.07, 6.45) is 1.97. The van der Waals surface area contributed by atoms with Crippen LogP contribution in [0.4, 0.5) is 10.1 Å². The Kier molecular flexibility index (Phi) is 2.91. The maximum atomic E-state index is 13.4. The van der Waals surface area contributed by atoms with Crippen molar-refractivity contribution in [3.8, 4) is 0 Å². The van der Waals surface area contributed by atoms with Gasteiger partial charge in [-0.3, -0.25) is 0 Å². The summed E-state index contributed by atoms with van der Waals surface area (Å²) in [6.45, 7) is 0.599. The van der Waals surface area contributed by atoms with Crippen LogP contribution in [0.3, 0.4) is 0 Å². The van der Waals surface area contributed by atoms with Gasteiger partial charge < -0.3 is 10.3 Å². The molecule has 0 saturated carbocycles. The molecule has 0 atom stereocenters. The smallest absolute Gasteiger partial charge is 0.142 e. The summed E-state index contributed by atoms with van der Waals surface area (Å²) in [5, 5.41) is 1.23. The molecule has 2 nitrogen and oxygen atoms in total. The largest absolute Gasteiger partial charge is 0.399 e. The van der Waals surface area contributed by atoms with E-state index in [4.69, 9.17) is 17.3 Å². The van der Waals surface area contributed by atoms with E-state index >= 15 is 0 Å². The van der Waals surface area contributed by atoms with E-state index in [1.807, 2.05) is 36.5 Å². The Bertz CT molecular complexity index is 749. The summed E-state index contributed by atoms with van der Waals surface area (Å²) in [5.41, 5.74) is 8.43. The number of nitrogens with zero attached hydrogens (tertiary/aromatic N) is 1. The molecule has 0 spiro atoms. The highest BCUT2D eigenvalue weighted by molar-refractivity contribution is 6.30. The quantitative estimate of drug-likeness (QED) is 0.702. The van der Waals surface area contributed by atoms with Crippen molar-refractivity contribution in [2.24, 2.45) is 0 Å². The lowest BCUT2D eigenvalue weighted by Gasteiger charge is -2.07. The summed E-state index contributed by atoms with van der Waals surface area (Å²) < 4.78 is 15.5. The Hall–Kier alpha value is -2.00. The fourth-order valence-electron chi connectivity index (χ4n) is 2.19. The van der Waals surface area contributed by atoms with Gasteiger partial charge in [0.25, 0.3) is 0 Å². The first-order valence-corrected chi connectivity index (χ1v) is 6.29. The molecular formula is C15H12ClFN2. The first-order chi connectivity index (χ1) is 9.13. The van der Waals surface area contributed by atoms with Gasteiger partial charge in [0.15, 0.2) is 0 Å². The molecule has 3 aromatic rings. The van der Waals surface area contributed by atoms with Gasteiger partial charge in [-0.15, -0.1) is 0 Å². The molecule has 96 valence electrons. The molecule has 2 aromatic carbocycles. The third-order valence-electron chi connectivity index (χ3n) is 3.13. The molecule has 1 aromatic heterocycles. The van der Waals surface area contributed by atoms with Gasteiger partial charge in [-0.25, -0.2) is 4.39 Å². The van der Waals surface area contributed by atoms with Crippen LogP contribution in [0.25, 0.3) is 10.9 Å². The maximum Gasteiger partial charge on any atom is 0.142 e. The van der Waals surface area contributed by atoms with Gasteiger partial charge >= 0.3 is 0 Å². The summed E-state index contributed by atoms with van der Waals surface area (Å²) in [4.78, 5) is 0. The van der Waals surface area contributed by atoms with E-state index < -0.39 is 0 Å². The van der Waals surface area contributed by atoms with Gasteiger partial charge in [0.2, 0.25) is 0 Å². The van der Waals surface area contributed by atoms with Crippen LogP contribution >= 0.6 is 11.6 Å². The molecule has 0 amide bonds. The lowest BCUT2D eigenvalue weighted by molar-refractivity contribution is 0.624. The van der Waals surface area contributed by atoms with E-state index in [0.717, 1.165) is 22.2 Å². The van der Waals surface area contributed by atoms with E-state index in [0.29, 0.717) is 6.54 Å². The van der Waals surface area contributed by atoms with Crippen LogP contribution in [0.15, 0.2) is 48.7 Å². The molecule has 0 radical (unpaired) electrons. The maximum absolute atomic E-state index is 13.4. The average molecular weight is 275 g/mol. The van der Waals surface area contributed by atoms with E-state index in [1.54, 1.807) is 6.07 Å². The minimum atomic E-state index is -0.389. The van der Waals surface area contributed by atoms with Gasteiger partial charge in [0, 0.05) is 29.3 Å². The Balaban J connectivity index is 1.98. The normalized spacial score (nSPS) is 11.1. The predicted molar refractivity (Wildman–Crippen MR) is 76.9 cm³/mol. The summed E-state index contributed by atoms with van der Waals surface area (Å²) in [7, 11) is 0. The van der Waals surface area contributed by atoms with Crippen LogP contribution in [0, 0.1) is 5.82 Å². The van der Waals surface area contributed by atoms with Crippen LogP contribution in [-0.2, 0) is 6.54 Å². The molecule has 0 aliphatic heterocycles. The molecule has 0 fully saturated rings. The molecule has 3 rings (SSSR count). The molecule has 4 heteroatoms.